The zero-order valence-corrected chi connectivity index (χ0v) is 20.8. The van der Waals surface area contributed by atoms with E-state index in [1.807, 2.05) is 42.5 Å². The molecule has 1 aliphatic heterocycles. The van der Waals surface area contributed by atoms with Gasteiger partial charge in [0.05, 0.1) is 33.2 Å². The van der Waals surface area contributed by atoms with Crippen LogP contribution in [0.2, 0.25) is 10.0 Å². The Bertz CT molecular complexity index is 1320. The molecule has 0 saturated heterocycles. The van der Waals surface area contributed by atoms with Gasteiger partial charge in [-0.15, -0.1) is 0 Å². The summed E-state index contributed by atoms with van der Waals surface area (Å²) in [6.45, 7) is 6.08. The normalized spacial score (nSPS) is 15.1. The summed E-state index contributed by atoms with van der Waals surface area (Å²) in [6, 6.07) is 11.6. The standard InChI is InChI=1S/C23H25Cl2N3O4S/c1-3-26-19-13-16(24)17(25)14-20(19)28(11-7-8-12-33(29,30)31)22(26)15-23-27(4-2)18-9-5-6-10-21(18)32-23/h5-6,9-10,13-15H,3-4,7-8,11-12H2,1-2H3/p+1. The minimum Gasteiger partial charge on any atom is -0.398 e. The van der Waals surface area contributed by atoms with E-state index in [9.17, 15) is 8.42 Å². The van der Waals surface area contributed by atoms with Crippen molar-refractivity contribution in [2.75, 3.05) is 28.6 Å². The molecule has 0 fully saturated rings. The molecule has 2 heterocycles. The number of para-hydroxylation sites is 2. The van der Waals surface area contributed by atoms with Crippen molar-refractivity contribution in [3.63, 3.8) is 0 Å². The molecule has 3 aromatic rings. The van der Waals surface area contributed by atoms with Crippen molar-refractivity contribution in [2.45, 2.75) is 33.2 Å². The second-order valence-corrected chi connectivity index (χ2v) is 10.2. The van der Waals surface area contributed by atoms with Crippen LogP contribution in [0.25, 0.3) is 17.2 Å². The molecule has 1 aliphatic rings. The summed E-state index contributed by atoms with van der Waals surface area (Å²) in [6.07, 6.45) is 2.89. The molecule has 0 bridgehead atoms. The average molecular weight is 511 g/mol. The molecule has 10 heteroatoms. The van der Waals surface area contributed by atoms with E-state index in [1.54, 1.807) is 0 Å². The van der Waals surface area contributed by atoms with Gasteiger partial charge in [0.1, 0.15) is 12.4 Å². The van der Waals surface area contributed by atoms with Crippen LogP contribution in [0.1, 0.15) is 32.6 Å². The second-order valence-electron chi connectivity index (χ2n) is 7.80. The fraction of sp³-hybridized carbons (Fsp3) is 0.348. The number of rotatable bonds is 8. The highest BCUT2D eigenvalue weighted by Crippen LogP contribution is 2.46. The van der Waals surface area contributed by atoms with Crippen molar-refractivity contribution in [1.29, 1.82) is 0 Å². The maximum Gasteiger partial charge on any atom is 0.377 e. The van der Waals surface area contributed by atoms with Gasteiger partial charge in [0.25, 0.3) is 15.6 Å². The summed E-state index contributed by atoms with van der Waals surface area (Å²) in [5, 5.41) is 0.914. The summed E-state index contributed by atoms with van der Waals surface area (Å²) in [5.74, 6) is 1.32. The second kappa shape index (κ2) is 9.54. The lowest BCUT2D eigenvalue weighted by molar-refractivity contribution is -0.674. The molecule has 0 radical (unpaired) electrons. The first kappa shape index (κ1) is 23.9. The van der Waals surface area contributed by atoms with Crippen LogP contribution in [0.15, 0.2) is 46.6 Å². The molecule has 1 aromatic heterocycles. The highest BCUT2D eigenvalue weighted by Gasteiger charge is 2.33. The Morgan fingerprint density at radius 1 is 1.06 bits per heavy atom. The van der Waals surface area contributed by atoms with E-state index in [1.165, 1.54) is 0 Å². The summed E-state index contributed by atoms with van der Waals surface area (Å²) in [4.78, 5) is 4.23. The van der Waals surface area contributed by atoms with Crippen molar-refractivity contribution < 1.29 is 22.0 Å². The molecule has 0 saturated carbocycles. The molecule has 1 N–H and O–H groups in total. The van der Waals surface area contributed by atoms with E-state index < -0.39 is 10.1 Å². The minimum atomic E-state index is -3.99. The largest absolute Gasteiger partial charge is 0.398 e. The van der Waals surface area contributed by atoms with Gasteiger partial charge >= 0.3 is 5.89 Å². The number of oxazole rings is 1. The number of hydrogen-bond donors (Lipinski definition) is 1. The Balaban J connectivity index is 1.78. The highest BCUT2D eigenvalue weighted by molar-refractivity contribution is 7.85. The fourth-order valence-corrected chi connectivity index (χ4v) is 5.11. The lowest BCUT2D eigenvalue weighted by Crippen LogP contribution is -2.35. The zero-order valence-electron chi connectivity index (χ0n) is 18.5. The van der Waals surface area contributed by atoms with E-state index in [0.717, 1.165) is 34.8 Å². The van der Waals surface area contributed by atoms with E-state index in [0.29, 0.717) is 41.9 Å². The molecular formula is C23H26Cl2N3O4S+. The minimum absolute atomic E-state index is 0.273. The smallest absolute Gasteiger partial charge is 0.377 e. The number of benzene rings is 2. The van der Waals surface area contributed by atoms with E-state index in [2.05, 4.69) is 28.2 Å². The first-order valence-corrected chi connectivity index (χ1v) is 13.2. The molecule has 7 nitrogen and oxygen atoms in total. The molecule has 2 aromatic carbocycles. The molecule has 4 rings (SSSR count). The van der Waals surface area contributed by atoms with Gasteiger partial charge in [-0.05, 0) is 44.9 Å². The molecule has 0 spiro atoms. The van der Waals surface area contributed by atoms with Crippen LogP contribution < -0.4 is 14.4 Å². The van der Waals surface area contributed by atoms with Crippen molar-refractivity contribution in [1.82, 2.24) is 0 Å². The summed E-state index contributed by atoms with van der Waals surface area (Å²) < 4.78 is 39.7. The highest BCUT2D eigenvalue weighted by atomic mass is 35.5. The predicted molar refractivity (Wildman–Crippen MR) is 133 cm³/mol. The van der Waals surface area contributed by atoms with Gasteiger partial charge in [-0.25, -0.2) is 0 Å². The van der Waals surface area contributed by atoms with Crippen LogP contribution in [0.5, 0.6) is 0 Å². The average Bonchev–Trinajstić information content (AvgIpc) is 3.25. The number of hydrogen-bond acceptors (Lipinski definition) is 5. The van der Waals surface area contributed by atoms with Gasteiger partial charge in [0.15, 0.2) is 0 Å². The third-order valence-electron chi connectivity index (χ3n) is 5.71. The number of fused-ring (bicyclic) bond motifs is 2. The molecule has 0 amide bonds. The van der Waals surface area contributed by atoms with Crippen molar-refractivity contribution in [3.8, 4) is 0 Å². The number of nitrogens with zero attached hydrogens (tertiary/aromatic N) is 3. The van der Waals surface area contributed by atoms with Gasteiger partial charge in [-0.3, -0.25) is 4.55 Å². The lowest BCUT2D eigenvalue weighted by atomic mass is 10.2. The molecular weight excluding hydrogens is 485 g/mol. The van der Waals surface area contributed by atoms with Crippen LogP contribution in [0.4, 0.5) is 11.4 Å². The van der Waals surface area contributed by atoms with E-state index >= 15 is 0 Å². The lowest BCUT2D eigenvalue weighted by Gasteiger charge is -2.24. The topological polar surface area (TPSA) is 77.9 Å². The van der Waals surface area contributed by atoms with Crippen molar-refractivity contribution in [2.24, 2.45) is 0 Å². The Hall–Kier alpha value is -2.26. The van der Waals surface area contributed by atoms with Gasteiger partial charge in [-0.2, -0.15) is 13.0 Å². The molecule has 0 unspecified atom stereocenters. The van der Waals surface area contributed by atoms with Crippen LogP contribution in [0, 0.1) is 0 Å². The third kappa shape index (κ3) is 4.84. The van der Waals surface area contributed by atoms with E-state index in [-0.39, 0.29) is 5.75 Å². The molecule has 0 aliphatic carbocycles. The van der Waals surface area contributed by atoms with Crippen molar-refractivity contribution in [3.05, 3.63) is 58.2 Å². The monoisotopic (exact) mass is 510 g/mol. The fourth-order valence-electron chi connectivity index (χ4n) is 4.23. The van der Waals surface area contributed by atoms with Crippen LogP contribution >= 0.6 is 23.2 Å². The Morgan fingerprint density at radius 3 is 2.36 bits per heavy atom. The maximum atomic E-state index is 11.1. The van der Waals surface area contributed by atoms with Crippen molar-refractivity contribution >= 4 is 61.9 Å². The molecule has 176 valence electrons. The Morgan fingerprint density at radius 2 is 1.73 bits per heavy atom. The SMILES string of the molecule is CCN1/C(=C\c2oc3ccccc3[n+]2CC)N(CCCCS(=O)(=O)O)c2cc(Cl)c(Cl)cc21. The Labute approximate surface area is 203 Å². The summed E-state index contributed by atoms with van der Waals surface area (Å²) in [5.41, 5.74) is 3.63. The van der Waals surface area contributed by atoms with Gasteiger partial charge in [0.2, 0.25) is 5.58 Å². The molecule has 33 heavy (non-hydrogen) atoms. The zero-order chi connectivity index (χ0) is 23.8. The van der Waals surface area contributed by atoms with Gasteiger partial charge < -0.3 is 14.2 Å². The van der Waals surface area contributed by atoms with Crippen LogP contribution in [-0.4, -0.2) is 31.8 Å². The first-order chi connectivity index (χ1) is 15.7. The number of aromatic nitrogens is 1. The summed E-state index contributed by atoms with van der Waals surface area (Å²) in [7, 11) is -3.99. The van der Waals surface area contributed by atoms with Crippen LogP contribution in [0.3, 0.4) is 0 Å². The number of anilines is 2. The summed E-state index contributed by atoms with van der Waals surface area (Å²) >= 11 is 12.7. The number of unbranched alkanes of at least 4 members (excludes halogenated alkanes) is 1. The predicted octanol–water partition coefficient (Wildman–Crippen LogP) is 5.36. The van der Waals surface area contributed by atoms with Gasteiger partial charge in [0, 0.05) is 19.2 Å². The molecule has 0 atom stereocenters. The number of aryl methyl sites for hydroxylation is 1. The van der Waals surface area contributed by atoms with E-state index in [4.69, 9.17) is 32.2 Å². The first-order valence-electron chi connectivity index (χ1n) is 10.9. The maximum absolute atomic E-state index is 11.1. The Kier molecular flexibility index (Phi) is 6.91. The van der Waals surface area contributed by atoms with Crippen LogP contribution in [-0.2, 0) is 16.7 Å². The number of halogens is 2. The quantitative estimate of drug-likeness (QED) is 0.249. The van der Waals surface area contributed by atoms with Gasteiger partial charge in [-0.1, -0.05) is 35.3 Å². The third-order valence-corrected chi connectivity index (χ3v) is 7.23.